The summed E-state index contributed by atoms with van der Waals surface area (Å²) in [6.07, 6.45) is -1.76. The Morgan fingerprint density at radius 2 is 2.25 bits per heavy atom. The number of carbonyl (C=O) groups is 1. The molecule has 0 fully saturated rings. The molecular formula is C10H8F2N2O2. The zero-order chi connectivity index (χ0) is 12.3. The van der Waals surface area contributed by atoms with Gasteiger partial charge >= 0.3 is 5.97 Å². The van der Waals surface area contributed by atoms with Gasteiger partial charge in [-0.15, -0.1) is 0 Å². The molecule has 0 aliphatic heterocycles. The minimum absolute atomic E-state index is 0.251. The van der Waals surface area contributed by atoms with E-state index in [1.807, 2.05) is 0 Å². The molecule has 0 saturated heterocycles. The van der Waals surface area contributed by atoms with Gasteiger partial charge < -0.3 is 4.74 Å². The number of methoxy groups -OCH3 is 1. The fourth-order valence-electron chi connectivity index (χ4n) is 1.30. The second-order valence-corrected chi connectivity index (χ2v) is 2.98. The molecule has 1 aromatic rings. The first-order valence-electron chi connectivity index (χ1n) is 4.29. The zero-order valence-electron chi connectivity index (χ0n) is 8.62. The monoisotopic (exact) mass is 226 g/mol. The minimum atomic E-state index is -2.95. The number of hydrogen-bond donors (Lipinski definition) is 0. The first kappa shape index (κ1) is 12.0. The normalized spacial score (nSPS) is 10.0. The molecule has 0 bridgehead atoms. The highest BCUT2D eigenvalue weighted by molar-refractivity contribution is 5.93. The first-order chi connectivity index (χ1) is 7.52. The molecule has 0 spiro atoms. The van der Waals surface area contributed by atoms with Crippen LogP contribution in [-0.4, -0.2) is 18.1 Å². The third kappa shape index (κ3) is 1.98. The number of ether oxygens (including phenoxy) is 1. The Hall–Kier alpha value is -2.03. The summed E-state index contributed by atoms with van der Waals surface area (Å²) >= 11 is 0. The lowest BCUT2D eigenvalue weighted by Crippen LogP contribution is -2.11. The van der Waals surface area contributed by atoms with Crippen LogP contribution in [0.5, 0.6) is 0 Å². The molecule has 0 aliphatic rings. The number of hydrogen-bond acceptors (Lipinski definition) is 4. The number of halogens is 2. The number of alkyl halides is 2. The van der Waals surface area contributed by atoms with Gasteiger partial charge in [0.2, 0.25) is 0 Å². The summed E-state index contributed by atoms with van der Waals surface area (Å²) in [5, 5.41) is 8.64. The van der Waals surface area contributed by atoms with Crippen molar-refractivity contribution in [2.45, 2.75) is 13.3 Å². The Morgan fingerprint density at radius 1 is 1.62 bits per heavy atom. The lowest BCUT2D eigenvalue weighted by atomic mass is 10.0. The molecule has 4 nitrogen and oxygen atoms in total. The van der Waals surface area contributed by atoms with Crippen LogP contribution in [0.25, 0.3) is 0 Å². The first-order valence-corrected chi connectivity index (χ1v) is 4.29. The molecule has 16 heavy (non-hydrogen) atoms. The number of aryl methyl sites for hydroxylation is 1. The van der Waals surface area contributed by atoms with Crippen LogP contribution in [0, 0.1) is 18.3 Å². The number of nitriles is 1. The van der Waals surface area contributed by atoms with Crippen LogP contribution in [0.15, 0.2) is 6.20 Å². The maximum atomic E-state index is 12.8. The van der Waals surface area contributed by atoms with Crippen molar-refractivity contribution in [3.63, 3.8) is 0 Å². The number of esters is 1. The fraction of sp³-hybridized carbons (Fsp3) is 0.300. The molecule has 0 aromatic carbocycles. The second-order valence-electron chi connectivity index (χ2n) is 2.98. The summed E-state index contributed by atoms with van der Waals surface area (Å²) in [4.78, 5) is 14.9. The van der Waals surface area contributed by atoms with Crippen molar-refractivity contribution < 1.29 is 18.3 Å². The van der Waals surface area contributed by atoms with Crippen LogP contribution in [-0.2, 0) is 4.74 Å². The Labute approximate surface area is 90.5 Å². The molecule has 6 heteroatoms. The summed E-state index contributed by atoms with van der Waals surface area (Å²) < 4.78 is 29.9. The van der Waals surface area contributed by atoms with E-state index in [2.05, 4.69) is 9.72 Å². The summed E-state index contributed by atoms with van der Waals surface area (Å²) in [7, 11) is 1.09. The molecule has 0 saturated carbocycles. The Balaban J connectivity index is 3.56. The molecule has 0 unspecified atom stereocenters. The van der Waals surface area contributed by atoms with Crippen LogP contribution in [0.3, 0.4) is 0 Å². The molecule has 1 heterocycles. The molecule has 0 aliphatic carbocycles. The van der Waals surface area contributed by atoms with Crippen LogP contribution in [0.4, 0.5) is 8.78 Å². The molecule has 0 N–H and O–H groups in total. The molecular weight excluding hydrogens is 218 g/mol. The Kier molecular flexibility index (Phi) is 3.51. The van der Waals surface area contributed by atoms with Crippen LogP contribution in [0.1, 0.15) is 33.6 Å². The van der Waals surface area contributed by atoms with Gasteiger partial charge in [-0.05, 0) is 12.5 Å². The molecule has 0 atom stereocenters. The number of carbonyl (C=O) groups excluding carboxylic acids is 1. The summed E-state index contributed by atoms with van der Waals surface area (Å²) in [5.41, 5.74) is -1.17. The quantitative estimate of drug-likeness (QED) is 0.723. The topological polar surface area (TPSA) is 63.0 Å². The summed E-state index contributed by atoms with van der Waals surface area (Å²) in [6.45, 7) is 1.45. The maximum Gasteiger partial charge on any atom is 0.338 e. The highest BCUT2D eigenvalue weighted by Gasteiger charge is 2.25. The predicted molar refractivity (Wildman–Crippen MR) is 50.0 cm³/mol. The van der Waals surface area contributed by atoms with Crippen LogP contribution < -0.4 is 0 Å². The van der Waals surface area contributed by atoms with E-state index in [1.165, 1.54) is 19.2 Å². The van der Waals surface area contributed by atoms with Gasteiger partial charge in [-0.3, -0.25) is 0 Å². The van der Waals surface area contributed by atoms with Crippen molar-refractivity contribution in [2.75, 3.05) is 7.11 Å². The van der Waals surface area contributed by atoms with Gasteiger partial charge in [-0.25, -0.2) is 18.6 Å². The third-order valence-electron chi connectivity index (χ3n) is 2.02. The van der Waals surface area contributed by atoms with Gasteiger partial charge in [-0.2, -0.15) is 5.26 Å². The minimum Gasteiger partial charge on any atom is -0.465 e. The summed E-state index contributed by atoms with van der Waals surface area (Å²) in [6, 6.07) is 1.52. The average molecular weight is 226 g/mol. The van der Waals surface area contributed by atoms with Gasteiger partial charge in [0.15, 0.2) is 0 Å². The van der Waals surface area contributed by atoms with E-state index in [4.69, 9.17) is 5.26 Å². The number of aromatic nitrogens is 1. The molecule has 84 valence electrons. The standard InChI is InChI=1S/C10H8F2N2O2/c1-5-4-14-6(3-13)8(9(11)12)7(5)10(15)16-2/h4,9H,1-2H3. The zero-order valence-corrected chi connectivity index (χ0v) is 8.62. The van der Waals surface area contributed by atoms with E-state index in [0.717, 1.165) is 7.11 Å². The number of rotatable bonds is 2. The SMILES string of the molecule is COC(=O)c1c(C)cnc(C#N)c1C(F)F. The fourth-order valence-corrected chi connectivity index (χ4v) is 1.30. The highest BCUT2D eigenvalue weighted by atomic mass is 19.3. The molecule has 1 aromatic heterocycles. The van der Waals surface area contributed by atoms with Gasteiger partial charge in [0.25, 0.3) is 6.43 Å². The van der Waals surface area contributed by atoms with Crippen LogP contribution >= 0.6 is 0 Å². The number of nitrogens with zero attached hydrogens (tertiary/aromatic N) is 2. The van der Waals surface area contributed by atoms with Crippen molar-refractivity contribution >= 4 is 5.97 Å². The van der Waals surface area contributed by atoms with Crippen molar-refractivity contribution in [3.05, 3.63) is 28.6 Å². The van der Waals surface area contributed by atoms with Gasteiger partial charge in [0, 0.05) is 6.20 Å². The Bertz CT molecular complexity index is 467. The smallest absolute Gasteiger partial charge is 0.338 e. The van der Waals surface area contributed by atoms with Crippen molar-refractivity contribution in [2.24, 2.45) is 0 Å². The van der Waals surface area contributed by atoms with E-state index < -0.39 is 23.7 Å². The van der Waals surface area contributed by atoms with E-state index >= 15 is 0 Å². The van der Waals surface area contributed by atoms with Gasteiger partial charge in [-0.1, -0.05) is 0 Å². The second kappa shape index (κ2) is 4.66. The summed E-state index contributed by atoms with van der Waals surface area (Å²) in [5.74, 6) is -0.897. The molecule has 0 amide bonds. The van der Waals surface area contributed by atoms with Crippen molar-refractivity contribution in [1.29, 1.82) is 5.26 Å². The van der Waals surface area contributed by atoms with Gasteiger partial charge in [0.05, 0.1) is 18.2 Å². The predicted octanol–water partition coefficient (Wildman–Crippen LogP) is 1.99. The van der Waals surface area contributed by atoms with Crippen molar-refractivity contribution in [3.8, 4) is 6.07 Å². The van der Waals surface area contributed by atoms with Crippen molar-refractivity contribution in [1.82, 2.24) is 4.98 Å². The van der Waals surface area contributed by atoms with E-state index in [9.17, 15) is 13.6 Å². The molecule has 0 radical (unpaired) electrons. The maximum absolute atomic E-state index is 12.8. The highest BCUT2D eigenvalue weighted by Crippen LogP contribution is 2.27. The average Bonchev–Trinajstić information content (AvgIpc) is 2.27. The van der Waals surface area contributed by atoms with Gasteiger partial charge in [0.1, 0.15) is 11.8 Å². The third-order valence-corrected chi connectivity index (χ3v) is 2.02. The van der Waals surface area contributed by atoms with Crippen LogP contribution in [0.2, 0.25) is 0 Å². The Morgan fingerprint density at radius 3 is 2.69 bits per heavy atom. The lowest BCUT2D eigenvalue weighted by molar-refractivity contribution is 0.0588. The van der Waals surface area contributed by atoms with E-state index in [-0.39, 0.29) is 11.1 Å². The largest absolute Gasteiger partial charge is 0.465 e. The number of pyridine rings is 1. The molecule has 1 rings (SSSR count). The lowest BCUT2D eigenvalue weighted by Gasteiger charge is -2.10. The van der Waals surface area contributed by atoms with E-state index in [0.29, 0.717) is 0 Å². The van der Waals surface area contributed by atoms with E-state index in [1.54, 1.807) is 0 Å².